The van der Waals surface area contributed by atoms with Crippen molar-refractivity contribution in [3.8, 4) is 11.1 Å². The first-order valence-corrected chi connectivity index (χ1v) is 7.11. The van der Waals surface area contributed by atoms with Gasteiger partial charge in [-0.15, -0.1) is 0 Å². The molecule has 4 nitrogen and oxygen atoms in total. The summed E-state index contributed by atoms with van der Waals surface area (Å²) in [5.41, 5.74) is 3.14. The van der Waals surface area contributed by atoms with E-state index < -0.39 is 12.0 Å². The van der Waals surface area contributed by atoms with Crippen LogP contribution >= 0.6 is 0 Å². The summed E-state index contributed by atoms with van der Waals surface area (Å²) in [5.74, 6) is -0.655. The largest absolute Gasteiger partial charge is 0.467 e. The second-order valence-electron chi connectivity index (χ2n) is 5.05. The van der Waals surface area contributed by atoms with Crippen LogP contribution in [0.4, 0.5) is 0 Å². The van der Waals surface area contributed by atoms with E-state index >= 15 is 0 Å². The molecular formula is C18H19NO3. The lowest BCUT2D eigenvalue weighted by Gasteiger charge is -2.11. The van der Waals surface area contributed by atoms with Gasteiger partial charge in [0.15, 0.2) is 0 Å². The molecule has 2 rings (SSSR count). The van der Waals surface area contributed by atoms with E-state index in [0.717, 1.165) is 16.7 Å². The fourth-order valence-corrected chi connectivity index (χ4v) is 2.16. The van der Waals surface area contributed by atoms with E-state index in [9.17, 15) is 9.59 Å². The van der Waals surface area contributed by atoms with E-state index in [2.05, 4.69) is 10.1 Å². The van der Waals surface area contributed by atoms with Crippen LogP contribution in [0.3, 0.4) is 0 Å². The molecule has 1 unspecified atom stereocenters. The molecule has 22 heavy (non-hydrogen) atoms. The highest BCUT2D eigenvalue weighted by molar-refractivity contribution is 5.85. The van der Waals surface area contributed by atoms with E-state index in [0.29, 0.717) is 0 Å². The maximum absolute atomic E-state index is 11.9. The number of benzene rings is 2. The van der Waals surface area contributed by atoms with Gasteiger partial charge in [0.2, 0.25) is 5.91 Å². The Labute approximate surface area is 130 Å². The zero-order chi connectivity index (χ0) is 15.9. The standard InChI is InChI=1S/C18H19NO3/c1-13(18(21)22-2)19-17(20)12-14-8-10-16(11-9-14)15-6-4-3-5-7-15/h3-11,13H,12H2,1-2H3,(H,19,20). The van der Waals surface area contributed by atoms with Gasteiger partial charge >= 0.3 is 5.97 Å². The first-order valence-electron chi connectivity index (χ1n) is 7.11. The van der Waals surface area contributed by atoms with Crippen LogP contribution in [0.15, 0.2) is 54.6 Å². The van der Waals surface area contributed by atoms with Gasteiger partial charge in [-0.3, -0.25) is 4.79 Å². The number of hydrogen-bond donors (Lipinski definition) is 1. The average Bonchev–Trinajstić information content (AvgIpc) is 2.55. The number of carbonyl (C=O) groups is 2. The molecule has 1 atom stereocenters. The van der Waals surface area contributed by atoms with Crippen molar-refractivity contribution in [2.45, 2.75) is 19.4 Å². The zero-order valence-electron chi connectivity index (χ0n) is 12.7. The molecule has 4 heteroatoms. The van der Waals surface area contributed by atoms with Crippen LogP contribution in [-0.4, -0.2) is 25.0 Å². The molecule has 0 saturated heterocycles. The first-order chi connectivity index (χ1) is 10.6. The van der Waals surface area contributed by atoms with Crippen molar-refractivity contribution in [1.29, 1.82) is 0 Å². The van der Waals surface area contributed by atoms with Gasteiger partial charge in [-0.25, -0.2) is 4.79 Å². The number of hydrogen-bond acceptors (Lipinski definition) is 3. The normalized spacial score (nSPS) is 11.5. The molecule has 0 heterocycles. The van der Waals surface area contributed by atoms with Crippen molar-refractivity contribution < 1.29 is 14.3 Å². The Hall–Kier alpha value is -2.62. The number of esters is 1. The predicted octanol–water partition coefficient (Wildman–Crippen LogP) is 2.57. The molecule has 1 amide bonds. The van der Waals surface area contributed by atoms with Crippen LogP contribution in [0.2, 0.25) is 0 Å². The topological polar surface area (TPSA) is 55.4 Å². The van der Waals surface area contributed by atoms with Gasteiger partial charge in [-0.05, 0) is 23.6 Å². The molecule has 0 aliphatic carbocycles. The summed E-state index contributed by atoms with van der Waals surface area (Å²) in [4.78, 5) is 23.1. The Morgan fingerprint density at radius 2 is 1.59 bits per heavy atom. The maximum atomic E-state index is 11.9. The summed E-state index contributed by atoms with van der Waals surface area (Å²) < 4.78 is 4.57. The Morgan fingerprint density at radius 3 is 2.18 bits per heavy atom. The van der Waals surface area contributed by atoms with Crippen LogP contribution < -0.4 is 5.32 Å². The lowest BCUT2D eigenvalue weighted by atomic mass is 10.0. The molecule has 2 aromatic rings. The van der Waals surface area contributed by atoms with Crippen molar-refractivity contribution in [3.63, 3.8) is 0 Å². The molecule has 0 spiro atoms. The average molecular weight is 297 g/mol. The molecule has 0 bridgehead atoms. The van der Waals surface area contributed by atoms with Gasteiger partial charge in [0.25, 0.3) is 0 Å². The zero-order valence-corrected chi connectivity index (χ0v) is 12.7. The molecule has 2 aromatic carbocycles. The fraction of sp³-hybridized carbons (Fsp3) is 0.222. The van der Waals surface area contributed by atoms with Gasteiger partial charge < -0.3 is 10.1 Å². The van der Waals surface area contributed by atoms with E-state index in [-0.39, 0.29) is 12.3 Å². The van der Waals surface area contributed by atoms with E-state index in [1.807, 2.05) is 54.6 Å². The lowest BCUT2D eigenvalue weighted by molar-refractivity contribution is -0.144. The molecule has 0 aliphatic rings. The van der Waals surface area contributed by atoms with Crippen LogP contribution in [-0.2, 0) is 20.7 Å². The van der Waals surface area contributed by atoms with Crippen molar-refractivity contribution in [1.82, 2.24) is 5.32 Å². The highest BCUT2D eigenvalue weighted by Crippen LogP contribution is 2.19. The minimum absolute atomic E-state index is 0.203. The summed E-state index contributed by atoms with van der Waals surface area (Å²) in [6.07, 6.45) is 0.233. The second kappa shape index (κ2) is 7.41. The molecule has 0 radical (unpaired) electrons. The SMILES string of the molecule is COC(=O)C(C)NC(=O)Cc1ccc(-c2ccccc2)cc1. The summed E-state index contributed by atoms with van der Waals surface area (Å²) in [6.45, 7) is 1.60. The Balaban J connectivity index is 1.97. The highest BCUT2D eigenvalue weighted by atomic mass is 16.5. The summed E-state index contributed by atoms with van der Waals surface area (Å²) >= 11 is 0. The van der Waals surface area contributed by atoms with Crippen molar-refractivity contribution in [3.05, 3.63) is 60.2 Å². The first kappa shape index (κ1) is 15.8. The minimum Gasteiger partial charge on any atom is -0.467 e. The quantitative estimate of drug-likeness (QED) is 0.863. The Bertz CT molecular complexity index is 635. The highest BCUT2D eigenvalue weighted by Gasteiger charge is 2.15. The van der Waals surface area contributed by atoms with E-state index in [4.69, 9.17) is 0 Å². The van der Waals surface area contributed by atoms with Gasteiger partial charge in [0.1, 0.15) is 6.04 Å². The number of carbonyl (C=O) groups excluding carboxylic acids is 2. The molecular weight excluding hydrogens is 278 g/mol. The van der Waals surface area contributed by atoms with Crippen LogP contribution in [0, 0.1) is 0 Å². The molecule has 0 saturated carbocycles. The fourth-order valence-electron chi connectivity index (χ4n) is 2.16. The third-order valence-corrected chi connectivity index (χ3v) is 3.36. The van der Waals surface area contributed by atoms with Crippen LogP contribution in [0.1, 0.15) is 12.5 Å². The maximum Gasteiger partial charge on any atom is 0.328 e. The monoisotopic (exact) mass is 297 g/mol. The third kappa shape index (κ3) is 4.19. The van der Waals surface area contributed by atoms with Crippen LogP contribution in [0.5, 0.6) is 0 Å². The molecule has 1 N–H and O–H groups in total. The Morgan fingerprint density at radius 1 is 1.00 bits per heavy atom. The third-order valence-electron chi connectivity index (χ3n) is 3.36. The van der Waals surface area contributed by atoms with Gasteiger partial charge in [-0.1, -0.05) is 54.6 Å². The van der Waals surface area contributed by atoms with E-state index in [1.54, 1.807) is 6.92 Å². The molecule has 114 valence electrons. The molecule has 0 aliphatic heterocycles. The van der Waals surface area contributed by atoms with Gasteiger partial charge in [-0.2, -0.15) is 0 Å². The number of methoxy groups -OCH3 is 1. The smallest absolute Gasteiger partial charge is 0.328 e. The number of ether oxygens (including phenoxy) is 1. The summed E-state index contributed by atoms with van der Waals surface area (Å²) in [5, 5.41) is 2.61. The van der Waals surface area contributed by atoms with Crippen molar-refractivity contribution >= 4 is 11.9 Å². The minimum atomic E-state index is -0.638. The van der Waals surface area contributed by atoms with Crippen molar-refractivity contribution in [2.24, 2.45) is 0 Å². The van der Waals surface area contributed by atoms with E-state index in [1.165, 1.54) is 7.11 Å². The van der Waals surface area contributed by atoms with Gasteiger partial charge in [0, 0.05) is 0 Å². The lowest BCUT2D eigenvalue weighted by Crippen LogP contribution is -2.39. The number of rotatable bonds is 5. The van der Waals surface area contributed by atoms with Crippen molar-refractivity contribution in [2.75, 3.05) is 7.11 Å². The predicted molar refractivity (Wildman–Crippen MR) is 85.2 cm³/mol. The number of nitrogens with one attached hydrogen (secondary N) is 1. The molecule has 0 fully saturated rings. The second-order valence-corrected chi connectivity index (χ2v) is 5.05. The van der Waals surface area contributed by atoms with Crippen LogP contribution in [0.25, 0.3) is 11.1 Å². The number of amides is 1. The molecule has 0 aromatic heterocycles. The Kier molecular flexibility index (Phi) is 5.31. The summed E-state index contributed by atoms with van der Waals surface area (Å²) in [7, 11) is 1.30. The van der Waals surface area contributed by atoms with Gasteiger partial charge in [0.05, 0.1) is 13.5 Å². The summed E-state index contributed by atoms with van der Waals surface area (Å²) in [6, 6.07) is 17.2.